The zero-order chi connectivity index (χ0) is 22.0. The lowest BCUT2D eigenvalue weighted by molar-refractivity contribution is 0.100. The van der Waals surface area contributed by atoms with E-state index in [-0.39, 0.29) is 21.7 Å². The highest BCUT2D eigenvalue weighted by atomic mass is 35.5. The minimum absolute atomic E-state index is 0.0126. The molecule has 1 N–H and O–H groups in total. The molecule has 0 fully saturated rings. The van der Waals surface area contributed by atoms with Crippen LogP contribution in [0, 0.1) is 0 Å². The van der Waals surface area contributed by atoms with Gasteiger partial charge < -0.3 is 0 Å². The topological polar surface area (TPSA) is 81.1 Å². The molecule has 4 aromatic rings. The number of amides is 1. The van der Waals surface area contributed by atoms with Crippen LogP contribution in [-0.2, 0) is 0 Å². The molecular formula is C21H13Cl2N3O3S2. The highest BCUT2D eigenvalue weighted by Crippen LogP contribution is 2.25. The normalized spacial score (nSPS) is 10.9. The summed E-state index contributed by atoms with van der Waals surface area (Å²) in [7, 11) is 0. The first-order valence-corrected chi connectivity index (χ1v) is 11.5. The van der Waals surface area contributed by atoms with E-state index in [1.807, 2.05) is 0 Å². The third-order valence-corrected chi connectivity index (χ3v) is 6.84. The van der Waals surface area contributed by atoms with E-state index in [0.29, 0.717) is 26.4 Å². The van der Waals surface area contributed by atoms with Crippen LogP contribution >= 0.6 is 46.3 Å². The standard InChI is InChI=1S/C21H13Cl2N3O3S2/c22-14-7-6-13(10-15(14)23)17(27)11-31-21-24-16-8-9-30-18(16)20(29)26(21)25-19(28)12-4-2-1-3-5-12/h1-10H,11H2,(H,25,28). The van der Waals surface area contributed by atoms with E-state index in [1.54, 1.807) is 53.9 Å². The average Bonchev–Trinajstić information content (AvgIpc) is 3.25. The fourth-order valence-electron chi connectivity index (χ4n) is 2.73. The van der Waals surface area contributed by atoms with Crippen LogP contribution in [0.15, 0.2) is 69.9 Å². The summed E-state index contributed by atoms with van der Waals surface area (Å²) in [6, 6.07) is 14.9. The van der Waals surface area contributed by atoms with Crippen LogP contribution in [-0.4, -0.2) is 27.1 Å². The van der Waals surface area contributed by atoms with Gasteiger partial charge in [-0.15, -0.1) is 11.3 Å². The van der Waals surface area contributed by atoms with Crippen LogP contribution in [0.5, 0.6) is 0 Å². The Kier molecular flexibility index (Phi) is 6.43. The number of hydrogen-bond acceptors (Lipinski definition) is 6. The van der Waals surface area contributed by atoms with Gasteiger partial charge in [-0.1, -0.05) is 53.2 Å². The largest absolute Gasteiger partial charge is 0.293 e. The molecule has 2 aromatic carbocycles. The van der Waals surface area contributed by atoms with E-state index < -0.39 is 11.5 Å². The van der Waals surface area contributed by atoms with Crippen molar-refractivity contribution in [1.82, 2.24) is 9.66 Å². The van der Waals surface area contributed by atoms with Crippen molar-refractivity contribution in [3.63, 3.8) is 0 Å². The van der Waals surface area contributed by atoms with Crippen molar-refractivity contribution in [2.45, 2.75) is 5.16 Å². The number of hydrogen-bond donors (Lipinski definition) is 1. The number of ketones is 1. The molecule has 0 atom stereocenters. The van der Waals surface area contributed by atoms with Gasteiger partial charge in [0, 0.05) is 11.1 Å². The third kappa shape index (κ3) is 4.67. The molecule has 0 aliphatic carbocycles. The number of thiophene rings is 1. The van der Waals surface area contributed by atoms with Crippen LogP contribution < -0.4 is 11.0 Å². The number of carbonyl (C=O) groups excluding carboxylic acids is 2. The zero-order valence-electron chi connectivity index (χ0n) is 15.7. The van der Waals surface area contributed by atoms with Crippen molar-refractivity contribution in [2.75, 3.05) is 11.2 Å². The van der Waals surface area contributed by atoms with E-state index in [0.717, 1.165) is 16.4 Å². The molecule has 0 bridgehead atoms. The fourth-order valence-corrected chi connectivity index (χ4v) is 4.63. The number of thioether (sulfide) groups is 1. The van der Waals surface area contributed by atoms with Crippen LogP contribution in [0.4, 0.5) is 0 Å². The van der Waals surface area contributed by atoms with Gasteiger partial charge >= 0.3 is 0 Å². The second kappa shape index (κ2) is 9.23. The summed E-state index contributed by atoms with van der Waals surface area (Å²) in [6.45, 7) is 0. The van der Waals surface area contributed by atoms with Crippen molar-refractivity contribution in [1.29, 1.82) is 0 Å². The highest BCUT2D eigenvalue weighted by Gasteiger charge is 2.17. The molecule has 0 saturated carbocycles. The van der Waals surface area contributed by atoms with Crippen LogP contribution in [0.1, 0.15) is 20.7 Å². The number of rotatable bonds is 6. The summed E-state index contributed by atoms with van der Waals surface area (Å²) in [4.78, 5) is 42.7. The Bertz CT molecular complexity index is 1350. The number of nitrogens with zero attached hydrogens (tertiary/aromatic N) is 2. The van der Waals surface area contributed by atoms with E-state index in [9.17, 15) is 14.4 Å². The first-order chi connectivity index (χ1) is 14.9. The maximum atomic E-state index is 13.0. The van der Waals surface area contributed by atoms with Gasteiger partial charge in [0.05, 0.1) is 21.3 Å². The van der Waals surface area contributed by atoms with Gasteiger partial charge in [0.1, 0.15) is 4.70 Å². The first-order valence-electron chi connectivity index (χ1n) is 8.92. The summed E-state index contributed by atoms with van der Waals surface area (Å²) >= 11 is 14.2. The lowest BCUT2D eigenvalue weighted by atomic mass is 10.1. The molecule has 1 amide bonds. The van der Waals surface area contributed by atoms with Gasteiger partial charge in [0.25, 0.3) is 11.5 Å². The number of Topliss-reactive ketones (excluding diaryl/α,β-unsaturated/α-hetero) is 1. The SMILES string of the molecule is O=C(CSc1nc2ccsc2c(=O)n1NC(=O)c1ccccc1)c1ccc(Cl)c(Cl)c1. The fraction of sp³-hybridized carbons (Fsp3) is 0.0476. The Balaban J connectivity index is 1.63. The molecule has 10 heteroatoms. The minimum Gasteiger partial charge on any atom is -0.293 e. The predicted molar refractivity (Wildman–Crippen MR) is 126 cm³/mol. The van der Waals surface area contributed by atoms with Gasteiger partial charge in [0.15, 0.2) is 10.9 Å². The molecule has 4 rings (SSSR count). The lowest BCUT2D eigenvalue weighted by Gasteiger charge is -2.13. The van der Waals surface area contributed by atoms with Crippen LogP contribution in [0.25, 0.3) is 10.2 Å². The highest BCUT2D eigenvalue weighted by molar-refractivity contribution is 7.99. The molecule has 0 radical (unpaired) electrons. The number of benzene rings is 2. The number of carbonyl (C=O) groups is 2. The Hall–Kier alpha value is -2.65. The molecule has 0 unspecified atom stereocenters. The number of aromatic nitrogens is 2. The monoisotopic (exact) mass is 489 g/mol. The van der Waals surface area contributed by atoms with Crippen LogP contribution in [0.2, 0.25) is 10.0 Å². The Morgan fingerprint density at radius 3 is 2.55 bits per heavy atom. The second-order valence-electron chi connectivity index (χ2n) is 6.32. The lowest BCUT2D eigenvalue weighted by Crippen LogP contribution is -2.35. The number of fused-ring (bicyclic) bond motifs is 1. The maximum absolute atomic E-state index is 13.0. The quantitative estimate of drug-likeness (QED) is 0.231. The molecule has 2 heterocycles. The van der Waals surface area contributed by atoms with Crippen molar-refractivity contribution in [3.05, 3.63) is 91.5 Å². The van der Waals surface area contributed by atoms with Crippen molar-refractivity contribution in [3.8, 4) is 0 Å². The molecule has 31 heavy (non-hydrogen) atoms. The molecule has 156 valence electrons. The van der Waals surface area contributed by atoms with Crippen molar-refractivity contribution >= 4 is 68.2 Å². The molecular weight excluding hydrogens is 477 g/mol. The average molecular weight is 490 g/mol. The van der Waals surface area contributed by atoms with E-state index in [4.69, 9.17) is 23.2 Å². The van der Waals surface area contributed by atoms with Gasteiger partial charge in [-0.3, -0.25) is 19.8 Å². The van der Waals surface area contributed by atoms with Gasteiger partial charge in [-0.25, -0.2) is 4.98 Å². The summed E-state index contributed by atoms with van der Waals surface area (Å²) in [5, 5.41) is 2.58. The molecule has 2 aromatic heterocycles. The first kappa shape index (κ1) is 21.6. The third-order valence-electron chi connectivity index (χ3n) is 4.27. The predicted octanol–water partition coefficient (Wildman–Crippen LogP) is 5.12. The van der Waals surface area contributed by atoms with Gasteiger partial charge in [-0.2, -0.15) is 4.68 Å². The van der Waals surface area contributed by atoms with E-state index in [2.05, 4.69) is 10.4 Å². The summed E-state index contributed by atoms with van der Waals surface area (Å²) in [5.74, 6) is -0.691. The molecule has 6 nitrogen and oxygen atoms in total. The van der Waals surface area contributed by atoms with Gasteiger partial charge in [-0.05, 0) is 41.8 Å². The Labute approximate surface area is 194 Å². The smallest absolute Gasteiger partial charge is 0.291 e. The van der Waals surface area contributed by atoms with Crippen LogP contribution in [0.3, 0.4) is 0 Å². The van der Waals surface area contributed by atoms with Crippen molar-refractivity contribution in [2.24, 2.45) is 0 Å². The molecule has 0 spiro atoms. The number of halogens is 2. The molecule has 0 aliphatic rings. The van der Waals surface area contributed by atoms with Crippen molar-refractivity contribution < 1.29 is 9.59 Å². The van der Waals surface area contributed by atoms with E-state index >= 15 is 0 Å². The summed E-state index contributed by atoms with van der Waals surface area (Å²) < 4.78 is 1.49. The van der Waals surface area contributed by atoms with E-state index in [1.165, 1.54) is 17.4 Å². The summed E-state index contributed by atoms with van der Waals surface area (Å²) in [5.41, 5.74) is 3.47. The molecule has 0 aliphatic heterocycles. The molecule has 0 saturated heterocycles. The Morgan fingerprint density at radius 1 is 1.03 bits per heavy atom. The second-order valence-corrected chi connectivity index (χ2v) is 8.99. The Morgan fingerprint density at radius 2 is 1.81 bits per heavy atom. The number of nitrogens with one attached hydrogen (secondary N) is 1. The maximum Gasteiger partial charge on any atom is 0.291 e. The summed E-state index contributed by atoms with van der Waals surface area (Å²) in [6.07, 6.45) is 0. The van der Waals surface area contributed by atoms with Gasteiger partial charge in [0.2, 0.25) is 0 Å². The minimum atomic E-state index is -0.460. The zero-order valence-corrected chi connectivity index (χ0v) is 18.8.